The monoisotopic (exact) mass is 271 g/mol. The van der Waals surface area contributed by atoms with Gasteiger partial charge in [0.2, 0.25) is 0 Å². The Balaban J connectivity index is 1.72. The van der Waals surface area contributed by atoms with Crippen molar-refractivity contribution in [2.75, 3.05) is 13.2 Å². The number of aryl methyl sites for hydroxylation is 3. The molecule has 1 aliphatic rings. The molecule has 0 spiro atoms. The van der Waals surface area contributed by atoms with Crippen molar-refractivity contribution < 1.29 is 4.74 Å². The molecule has 0 radical (unpaired) electrons. The highest BCUT2D eigenvalue weighted by atomic mass is 16.5. The predicted octanol–water partition coefficient (Wildman–Crippen LogP) is 2.72. The Morgan fingerprint density at radius 3 is 2.70 bits per heavy atom. The zero-order chi connectivity index (χ0) is 13.8. The number of hydrogen-bond donors (Lipinski definition) is 0. The van der Waals surface area contributed by atoms with E-state index in [-0.39, 0.29) is 0 Å². The molecular weight excluding hydrogens is 250 g/mol. The fourth-order valence-corrected chi connectivity index (χ4v) is 2.77. The first-order valence-corrected chi connectivity index (χ1v) is 7.36. The van der Waals surface area contributed by atoms with Crippen LogP contribution in [-0.2, 0) is 17.7 Å². The van der Waals surface area contributed by atoms with E-state index >= 15 is 0 Å². The Kier molecular flexibility index (Phi) is 4.11. The number of hydrogen-bond acceptors (Lipinski definition) is 3. The summed E-state index contributed by atoms with van der Waals surface area (Å²) in [7, 11) is 0. The summed E-state index contributed by atoms with van der Waals surface area (Å²) >= 11 is 0. The van der Waals surface area contributed by atoms with Gasteiger partial charge in [-0.1, -0.05) is 30.3 Å². The second kappa shape index (κ2) is 6.18. The van der Waals surface area contributed by atoms with Gasteiger partial charge in [-0.15, -0.1) is 0 Å². The maximum atomic E-state index is 5.44. The molecule has 0 atom stereocenters. The van der Waals surface area contributed by atoms with Gasteiger partial charge >= 0.3 is 0 Å². The zero-order valence-corrected chi connectivity index (χ0v) is 12.0. The smallest absolute Gasteiger partial charge is 0.147 e. The van der Waals surface area contributed by atoms with Crippen molar-refractivity contribution >= 4 is 0 Å². The van der Waals surface area contributed by atoms with Crippen molar-refractivity contribution in [3.05, 3.63) is 47.5 Å². The molecule has 1 fully saturated rings. The Morgan fingerprint density at radius 2 is 1.95 bits per heavy atom. The summed E-state index contributed by atoms with van der Waals surface area (Å²) in [5, 5.41) is 4.57. The first kappa shape index (κ1) is 13.3. The van der Waals surface area contributed by atoms with Crippen molar-refractivity contribution in [2.45, 2.75) is 38.6 Å². The lowest BCUT2D eigenvalue weighted by atomic mass is 9.99. The van der Waals surface area contributed by atoms with Crippen LogP contribution in [0.15, 0.2) is 30.3 Å². The van der Waals surface area contributed by atoms with E-state index in [4.69, 9.17) is 4.74 Å². The summed E-state index contributed by atoms with van der Waals surface area (Å²) in [6, 6.07) is 10.6. The van der Waals surface area contributed by atoms with Crippen LogP contribution in [0.5, 0.6) is 0 Å². The number of rotatable bonds is 4. The van der Waals surface area contributed by atoms with E-state index in [1.165, 1.54) is 5.56 Å². The van der Waals surface area contributed by atoms with Gasteiger partial charge in [0.15, 0.2) is 0 Å². The van der Waals surface area contributed by atoms with E-state index in [2.05, 4.69) is 45.1 Å². The van der Waals surface area contributed by atoms with Gasteiger partial charge in [-0.25, -0.2) is 9.67 Å². The molecule has 0 aliphatic carbocycles. The van der Waals surface area contributed by atoms with Gasteiger partial charge in [0.05, 0.1) is 0 Å². The Hall–Kier alpha value is -1.68. The van der Waals surface area contributed by atoms with Crippen LogP contribution < -0.4 is 0 Å². The third-order valence-corrected chi connectivity index (χ3v) is 3.85. The molecule has 4 heteroatoms. The summed E-state index contributed by atoms with van der Waals surface area (Å²) in [5.74, 6) is 2.52. The van der Waals surface area contributed by atoms with Gasteiger partial charge in [-0.3, -0.25) is 0 Å². The molecule has 20 heavy (non-hydrogen) atoms. The maximum absolute atomic E-state index is 5.44. The van der Waals surface area contributed by atoms with Crippen LogP contribution >= 0.6 is 0 Å². The first-order valence-electron chi connectivity index (χ1n) is 7.36. The minimum Gasteiger partial charge on any atom is -0.381 e. The van der Waals surface area contributed by atoms with E-state index in [0.29, 0.717) is 5.92 Å². The summed E-state index contributed by atoms with van der Waals surface area (Å²) in [4.78, 5) is 4.64. The number of nitrogens with zero attached hydrogens (tertiary/aromatic N) is 3. The highest BCUT2D eigenvalue weighted by molar-refractivity contribution is 5.14. The van der Waals surface area contributed by atoms with Gasteiger partial charge in [0.25, 0.3) is 0 Å². The number of benzene rings is 1. The SMILES string of the molecule is Cc1nc(C2CCOCC2)n(CCc2ccccc2)n1. The van der Waals surface area contributed by atoms with Crippen LogP contribution in [0, 0.1) is 6.92 Å². The zero-order valence-electron chi connectivity index (χ0n) is 12.0. The van der Waals surface area contributed by atoms with E-state index in [1.54, 1.807) is 0 Å². The Labute approximate surface area is 119 Å². The lowest BCUT2D eigenvalue weighted by molar-refractivity contribution is 0.0825. The molecule has 1 aromatic carbocycles. The van der Waals surface area contributed by atoms with Crippen LogP contribution in [0.3, 0.4) is 0 Å². The minimum absolute atomic E-state index is 0.501. The molecule has 1 saturated heterocycles. The van der Waals surface area contributed by atoms with Crippen LogP contribution in [0.25, 0.3) is 0 Å². The molecule has 0 amide bonds. The Morgan fingerprint density at radius 1 is 1.20 bits per heavy atom. The van der Waals surface area contributed by atoms with Crippen molar-refractivity contribution in [3.8, 4) is 0 Å². The van der Waals surface area contributed by atoms with Crippen molar-refractivity contribution in [2.24, 2.45) is 0 Å². The molecule has 0 bridgehead atoms. The highest BCUT2D eigenvalue weighted by Crippen LogP contribution is 2.25. The average Bonchev–Trinajstić information content (AvgIpc) is 2.88. The Bertz CT molecular complexity index is 544. The van der Waals surface area contributed by atoms with Gasteiger partial charge < -0.3 is 4.74 Å². The normalized spacial score (nSPS) is 16.4. The van der Waals surface area contributed by atoms with Gasteiger partial charge in [0.1, 0.15) is 11.6 Å². The quantitative estimate of drug-likeness (QED) is 0.858. The summed E-state index contributed by atoms with van der Waals surface area (Å²) in [6.45, 7) is 4.56. The van der Waals surface area contributed by atoms with Crippen LogP contribution in [0.1, 0.15) is 36.0 Å². The van der Waals surface area contributed by atoms with Crippen molar-refractivity contribution in [1.82, 2.24) is 14.8 Å². The standard InChI is InChI=1S/C16H21N3O/c1-13-17-16(15-8-11-20-12-9-15)19(18-13)10-7-14-5-3-2-4-6-14/h2-6,15H,7-12H2,1H3. The van der Waals surface area contributed by atoms with Crippen LogP contribution in [0.4, 0.5) is 0 Å². The lowest BCUT2D eigenvalue weighted by Crippen LogP contribution is -2.19. The molecule has 1 aromatic heterocycles. The summed E-state index contributed by atoms with van der Waals surface area (Å²) in [5.41, 5.74) is 1.35. The number of ether oxygens (including phenoxy) is 1. The van der Waals surface area contributed by atoms with Gasteiger partial charge in [0, 0.05) is 25.7 Å². The van der Waals surface area contributed by atoms with Crippen molar-refractivity contribution in [1.29, 1.82) is 0 Å². The average molecular weight is 271 g/mol. The van der Waals surface area contributed by atoms with Gasteiger partial charge in [-0.2, -0.15) is 5.10 Å². The molecule has 4 nitrogen and oxygen atoms in total. The molecule has 0 unspecified atom stereocenters. The molecule has 0 N–H and O–H groups in total. The maximum Gasteiger partial charge on any atom is 0.147 e. The largest absolute Gasteiger partial charge is 0.381 e. The molecule has 3 rings (SSSR count). The third-order valence-electron chi connectivity index (χ3n) is 3.85. The fraction of sp³-hybridized carbons (Fsp3) is 0.500. The van der Waals surface area contributed by atoms with Crippen LogP contribution in [-0.4, -0.2) is 28.0 Å². The van der Waals surface area contributed by atoms with E-state index < -0.39 is 0 Å². The lowest BCUT2D eigenvalue weighted by Gasteiger charge is -2.21. The second-order valence-electron chi connectivity index (χ2n) is 5.36. The summed E-state index contributed by atoms with van der Waals surface area (Å²) in [6.07, 6.45) is 3.12. The van der Waals surface area contributed by atoms with Crippen molar-refractivity contribution in [3.63, 3.8) is 0 Å². The highest BCUT2D eigenvalue weighted by Gasteiger charge is 2.21. The molecular formula is C16H21N3O. The van der Waals surface area contributed by atoms with Gasteiger partial charge in [-0.05, 0) is 31.7 Å². The van der Waals surface area contributed by atoms with E-state index in [9.17, 15) is 0 Å². The fourth-order valence-electron chi connectivity index (χ4n) is 2.77. The topological polar surface area (TPSA) is 39.9 Å². The first-order chi connectivity index (χ1) is 9.83. The predicted molar refractivity (Wildman–Crippen MR) is 77.7 cm³/mol. The van der Waals surface area contributed by atoms with Crippen LogP contribution in [0.2, 0.25) is 0 Å². The minimum atomic E-state index is 0.501. The van der Waals surface area contributed by atoms with E-state index in [1.807, 2.05) is 6.92 Å². The molecule has 106 valence electrons. The molecule has 0 saturated carbocycles. The molecule has 2 heterocycles. The third kappa shape index (κ3) is 3.07. The van der Waals surface area contributed by atoms with E-state index in [0.717, 1.165) is 50.7 Å². The summed E-state index contributed by atoms with van der Waals surface area (Å²) < 4.78 is 7.54. The molecule has 2 aromatic rings. The number of aromatic nitrogens is 3. The molecule has 1 aliphatic heterocycles. The second-order valence-corrected chi connectivity index (χ2v) is 5.36.